The number of benzene rings is 3. The molecular formula is C26H29ClN2O5S. The van der Waals surface area contributed by atoms with Gasteiger partial charge in [-0.15, -0.1) is 0 Å². The minimum absolute atomic E-state index is 0.0705. The average Bonchev–Trinajstić information content (AvgIpc) is 2.82. The van der Waals surface area contributed by atoms with Crippen molar-refractivity contribution in [3.8, 4) is 11.5 Å². The second-order valence-electron chi connectivity index (χ2n) is 8.11. The summed E-state index contributed by atoms with van der Waals surface area (Å²) in [4.78, 5) is 12.8. The van der Waals surface area contributed by atoms with Gasteiger partial charge in [-0.3, -0.25) is 9.10 Å². The van der Waals surface area contributed by atoms with Crippen LogP contribution in [0.1, 0.15) is 16.7 Å². The molecule has 7 nitrogen and oxygen atoms in total. The number of anilines is 1. The normalized spacial score (nSPS) is 11.1. The van der Waals surface area contributed by atoms with E-state index in [4.69, 9.17) is 21.1 Å². The summed E-state index contributed by atoms with van der Waals surface area (Å²) in [6, 6.07) is 16.9. The Kier molecular flexibility index (Phi) is 8.64. The Morgan fingerprint density at radius 1 is 0.943 bits per heavy atom. The molecule has 9 heteroatoms. The first-order valence-electron chi connectivity index (χ1n) is 11.0. The molecule has 35 heavy (non-hydrogen) atoms. The van der Waals surface area contributed by atoms with Crippen LogP contribution in [0.3, 0.4) is 0 Å². The van der Waals surface area contributed by atoms with Gasteiger partial charge in [-0.25, -0.2) is 8.42 Å². The van der Waals surface area contributed by atoms with Gasteiger partial charge in [-0.1, -0.05) is 41.4 Å². The number of sulfonamides is 1. The third kappa shape index (κ3) is 6.68. The van der Waals surface area contributed by atoms with Gasteiger partial charge in [-0.2, -0.15) is 0 Å². The number of hydrogen-bond acceptors (Lipinski definition) is 5. The van der Waals surface area contributed by atoms with Crippen molar-refractivity contribution < 1.29 is 22.7 Å². The molecule has 0 aliphatic carbocycles. The van der Waals surface area contributed by atoms with E-state index in [2.05, 4.69) is 5.32 Å². The van der Waals surface area contributed by atoms with E-state index in [1.165, 1.54) is 25.3 Å². The molecular weight excluding hydrogens is 488 g/mol. The van der Waals surface area contributed by atoms with Crippen LogP contribution in [0.25, 0.3) is 0 Å². The number of carbonyl (C=O) groups excluding carboxylic acids is 1. The number of nitrogens with zero attached hydrogens (tertiary/aromatic N) is 1. The highest BCUT2D eigenvalue weighted by Crippen LogP contribution is 2.32. The van der Waals surface area contributed by atoms with Gasteiger partial charge in [0.05, 0.1) is 29.3 Å². The van der Waals surface area contributed by atoms with Crippen molar-refractivity contribution in [2.24, 2.45) is 0 Å². The maximum absolute atomic E-state index is 13.5. The molecule has 186 valence electrons. The van der Waals surface area contributed by atoms with Gasteiger partial charge in [0.2, 0.25) is 5.91 Å². The van der Waals surface area contributed by atoms with Gasteiger partial charge in [0.25, 0.3) is 10.0 Å². The summed E-state index contributed by atoms with van der Waals surface area (Å²) >= 11 is 6.25. The van der Waals surface area contributed by atoms with Crippen LogP contribution in [-0.4, -0.2) is 41.1 Å². The molecule has 0 aliphatic rings. The van der Waals surface area contributed by atoms with Crippen molar-refractivity contribution in [3.05, 3.63) is 82.4 Å². The van der Waals surface area contributed by atoms with Crippen LogP contribution in [0.5, 0.6) is 11.5 Å². The predicted octanol–water partition coefficient (Wildman–Crippen LogP) is 4.66. The highest BCUT2D eigenvalue weighted by Gasteiger charge is 2.27. The number of amides is 1. The standard InChI is InChI=1S/C26H29ClN2O5S/c1-18-6-10-22(11-7-18)35(31,32)29(21-9-12-24(33-4)23(27)16-21)17-26(30)28-13-14-34-25-15-19(2)5-8-20(25)3/h5-12,15-16H,13-14,17H2,1-4H3,(H,28,30). The number of methoxy groups -OCH3 is 1. The van der Waals surface area contributed by atoms with Crippen molar-refractivity contribution in [2.75, 3.05) is 31.1 Å². The maximum atomic E-state index is 13.5. The van der Waals surface area contributed by atoms with Crippen molar-refractivity contribution in [1.29, 1.82) is 0 Å². The molecule has 0 fully saturated rings. The van der Waals surface area contributed by atoms with Crippen molar-refractivity contribution in [1.82, 2.24) is 5.32 Å². The summed E-state index contributed by atoms with van der Waals surface area (Å²) in [5, 5.41) is 2.96. The SMILES string of the molecule is COc1ccc(N(CC(=O)NCCOc2cc(C)ccc2C)S(=O)(=O)c2ccc(C)cc2)cc1Cl. The molecule has 0 spiro atoms. The summed E-state index contributed by atoms with van der Waals surface area (Å²) in [5.41, 5.74) is 3.24. The third-order valence-electron chi connectivity index (χ3n) is 5.34. The molecule has 3 rings (SSSR count). The Hall–Kier alpha value is -3.23. The van der Waals surface area contributed by atoms with Crippen LogP contribution in [0.15, 0.2) is 65.6 Å². The van der Waals surface area contributed by atoms with Gasteiger partial charge < -0.3 is 14.8 Å². The smallest absolute Gasteiger partial charge is 0.264 e. The molecule has 1 N–H and O–H groups in total. The molecule has 0 saturated carbocycles. The van der Waals surface area contributed by atoms with Gasteiger partial charge in [0.15, 0.2) is 0 Å². The van der Waals surface area contributed by atoms with E-state index in [0.717, 1.165) is 26.7 Å². The molecule has 0 heterocycles. The summed E-state index contributed by atoms with van der Waals surface area (Å²) in [7, 11) is -2.58. The zero-order valence-corrected chi connectivity index (χ0v) is 21.7. The largest absolute Gasteiger partial charge is 0.495 e. The quantitative estimate of drug-likeness (QED) is 0.396. The third-order valence-corrected chi connectivity index (χ3v) is 7.43. The molecule has 0 atom stereocenters. The van der Waals surface area contributed by atoms with E-state index < -0.39 is 22.5 Å². The van der Waals surface area contributed by atoms with E-state index in [0.29, 0.717) is 5.75 Å². The molecule has 1 amide bonds. The summed E-state index contributed by atoms with van der Waals surface area (Å²) < 4.78 is 38.9. The minimum Gasteiger partial charge on any atom is -0.495 e. The van der Waals surface area contributed by atoms with Crippen LogP contribution in [0, 0.1) is 20.8 Å². The first-order chi connectivity index (χ1) is 16.6. The molecule has 3 aromatic rings. The lowest BCUT2D eigenvalue weighted by molar-refractivity contribution is -0.119. The fraction of sp³-hybridized carbons (Fsp3) is 0.269. The molecule has 0 unspecified atom stereocenters. The number of halogens is 1. The fourth-order valence-electron chi connectivity index (χ4n) is 3.36. The van der Waals surface area contributed by atoms with E-state index >= 15 is 0 Å². The first-order valence-corrected chi connectivity index (χ1v) is 12.8. The highest BCUT2D eigenvalue weighted by atomic mass is 35.5. The van der Waals surface area contributed by atoms with Crippen LogP contribution in [0.2, 0.25) is 5.02 Å². The van der Waals surface area contributed by atoms with Gasteiger partial charge in [0, 0.05) is 0 Å². The average molecular weight is 517 g/mol. The number of rotatable bonds is 10. The molecule has 3 aromatic carbocycles. The Bertz CT molecular complexity index is 1290. The Morgan fingerprint density at radius 2 is 1.63 bits per heavy atom. The molecule has 0 radical (unpaired) electrons. The zero-order valence-electron chi connectivity index (χ0n) is 20.2. The van der Waals surface area contributed by atoms with Crippen molar-refractivity contribution in [2.45, 2.75) is 25.7 Å². The number of ether oxygens (including phenoxy) is 2. The van der Waals surface area contributed by atoms with Crippen LogP contribution < -0.4 is 19.1 Å². The second-order valence-corrected chi connectivity index (χ2v) is 10.4. The number of carbonyl (C=O) groups is 1. The summed E-state index contributed by atoms with van der Waals surface area (Å²) in [6.45, 7) is 5.82. The Balaban J connectivity index is 1.76. The predicted molar refractivity (Wildman–Crippen MR) is 138 cm³/mol. The Morgan fingerprint density at radius 3 is 2.29 bits per heavy atom. The van der Waals surface area contributed by atoms with Crippen molar-refractivity contribution >= 4 is 33.2 Å². The summed E-state index contributed by atoms with van der Waals surface area (Å²) in [6.07, 6.45) is 0. The van der Waals surface area contributed by atoms with Crippen molar-refractivity contribution in [3.63, 3.8) is 0 Å². The molecule has 0 aliphatic heterocycles. The Labute approximate surface area is 211 Å². The first kappa shape index (κ1) is 26.4. The topological polar surface area (TPSA) is 84.9 Å². The lowest BCUT2D eigenvalue weighted by Gasteiger charge is -2.24. The van der Waals surface area contributed by atoms with Gasteiger partial charge in [0.1, 0.15) is 24.7 Å². The lowest BCUT2D eigenvalue weighted by Crippen LogP contribution is -2.42. The highest BCUT2D eigenvalue weighted by molar-refractivity contribution is 7.92. The number of nitrogens with one attached hydrogen (secondary N) is 1. The van der Waals surface area contributed by atoms with Gasteiger partial charge in [-0.05, 0) is 68.3 Å². The van der Waals surface area contributed by atoms with E-state index in [9.17, 15) is 13.2 Å². The molecule has 0 aromatic heterocycles. The molecule has 0 bridgehead atoms. The zero-order chi connectivity index (χ0) is 25.6. The van der Waals surface area contributed by atoms with Crippen LogP contribution in [-0.2, 0) is 14.8 Å². The monoisotopic (exact) mass is 516 g/mol. The lowest BCUT2D eigenvalue weighted by atomic mass is 10.1. The van der Waals surface area contributed by atoms with Gasteiger partial charge >= 0.3 is 0 Å². The van der Waals surface area contributed by atoms with Crippen LogP contribution in [0.4, 0.5) is 5.69 Å². The van der Waals surface area contributed by atoms with E-state index in [-0.39, 0.29) is 28.8 Å². The van der Waals surface area contributed by atoms with Crippen LogP contribution >= 0.6 is 11.6 Å². The minimum atomic E-state index is -4.04. The van der Waals surface area contributed by atoms with E-state index in [1.807, 2.05) is 39.0 Å². The second kappa shape index (κ2) is 11.5. The number of hydrogen-bond donors (Lipinski definition) is 1. The maximum Gasteiger partial charge on any atom is 0.264 e. The fourth-order valence-corrected chi connectivity index (χ4v) is 5.03. The molecule has 0 saturated heterocycles. The summed E-state index contributed by atoms with van der Waals surface area (Å²) in [5.74, 6) is 0.670. The van der Waals surface area contributed by atoms with E-state index in [1.54, 1.807) is 24.3 Å². The number of aryl methyl sites for hydroxylation is 3.